The lowest BCUT2D eigenvalue weighted by molar-refractivity contribution is -0.137. The van der Waals surface area contributed by atoms with Gasteiger partial charge in [-0.05, 0) is 12.1 Å². The average molecular weight is 433 g/mol. The molecule has 0 aliphatic carbocycles. The number of carbonyl (C=O) groups excluding carboxylic acids is 1. The number of hydrogen-bond acceptors (Lipinski definition) is 5. The summed E-state index contributed by atoms with van der Waals surface area (Å²) in [5.74, 6) is -0.341. The van der Waals surface area contributed by atoms with E-state index in [9.17, 15) is 18.0 Å². The molecule has 30 heavy (non-hydrogen) atoms. The van der Waals surface area contributed by atoms with Gasteiger partial charge >= 0.3 is 6.18 Å². The normalized spacial score (nSPS) is 11.6. The van der Waals surface area contributed by atoms with Gasteiger partial charge in [-0.3, -0.25) is 14.1 Å². The maximum absolute atomic E-state index is 12.8. The van der Waals surface area contributed by atoms with Gasteiger partial charge in [0, 0.05) is 18.8 Å². The lowest BCUT2D eigenvalue weighted by Crippen LogP contribution is -2.29. The van der Waals surface area contributed by atoms with Crippen LogP contribution in [-0.2, 0) is 6.18 Å². The summed E-state index contributed by atoms with van der Waals surface area (Å²) in [6.07, 6.45) is 2.67. The van der Waals surface area contributed by atoms with Gasteiger partial charge in [-0.15, -0.1) is 0 Å². The fourth-order valence-electron chi connectivity index (χ4n) is 2.78. The Balaban J connectivity index is 1.69. The molecule has 0 atom stereocenters. The van der Waals surface area contributed by atoms with Gasteiger partial charge in [-0.1, -0.05) is 23.7 Å². The first-order valence-corrected chi connectivity index (χ1v) is 8.88. The number of aromatic nitrogens is 5. The minimum Gasteiger partial charge on any atom is -0.296 e. The lowest BCUT2D eigenvalue weighted by Gasteiger charge is -2.14. The Morgan fingerprint density at radius 1 is 1.00 bits per heavy atom. The number of anilines is 1. The Kier molecular flexibility index (Phi) is 4.86. The lowest BCUT2D eigenvalue weighted by atomic mass is 10.1. The van der Waals surface area contributed by atoms with E-state index in [0.717, 1.165) is 12.1 Å². The van der Waals surface area contributed by atoms with Gasteiger partial charge in [-0.2, -0.15) is 13.2 Å². The fourth-order valence-corrected chi connectivity index (χ4v) is 2.88. The summed E-state index contributed by atoms with van der Waals surface area (Å²) in [5.41, 5.74) is 0.791. The monoisotopic (exact) mass is 432 g/mol. The molecule has 0 aliphatic heterocycles. The summed E-state index contributed by atoms with van der Waals surface area (Å²) in [7, 11) is 1.49. The molecule has 0 spiro atoms. The molecule has 0 fully saturated rings. The average Bonchev–Trinajstić information content (AvgIpc) is 3.16. The molecule has 0 aliphatic rings. The van der Waals surface area contributed by atoms with Crippen molar-refractivity contribution < 1.29 is 18.0 Å². The van der Waals surface area contributed by atoms with Crippen LogP contribution in [0.5, 0.6) is 0 Å². The second-order valence-electron chi connectivity index (χ2n) is 6.28. The van der Waals surface area contributed by atoms with Gasteiger partial charge < -0.3 is 0 Å². The van der Waals surface area contributed by atoms with Crippen LogP contribution in [0.25, 0.3) is 16.9 Å². The number of halogens is 4. The van der Waals surface area contributed by atoms with E-state index in [0.29, 0.717) is 21.9 Å². The second-order valence-corrected chi connectivity index (χ2v) is 6.72. The SMILES string of the molecule is CN(C(=O)c1cn2c(-c3ccc(C(F)(F)F)cc3)cnc2cn1)c1ncc(Cl)cn1. The third-order valence-electron chi connectivity index (χ3n) is 4.33. The summed E-state index contributed by atoms with van der Waals surface area (Å²) < 4.78 is 40.0. The van der Waals surface area contributed by atoms with Gasteiger partial charge in [0.05, 0.1) is 41.1 Å². The van der Waals surface area contributed by atoms with Gasteiger partial charge in [0.1, 0.15) is 5.69 Å². The second kappa shape index (κ2) is 7.38. The highest BCUT2D eigenvalue weighted by atomic mass is 35.5. The topological polar surface area (TPSA) is 76.3 Å². The highest BCUT2D eigenvalue weighted by Crippen LogP contribution is 2.31. The first-order chi connectivity index (χ1) is 14.2. The molecule has 0 bridgehead atoms. The van der Waals surface area contributed by atoms with E-state index in [-0.39, 0.29) is 11.6 Å². The number of carbonyl (C=O) groups is 1. The van der Waals surface area contributed by atoms with Crippen LogP contribution < -0.4 is 4.90 Å². The van der Waals surface area contributed by atoms with E-state index in [4.69, 9.17) is 11.6 Å². The molecular formula is C19H12ClF3N6O. The van der Waals surface area contributed by atoms with E-state index in [1.165, 1.54) is 55.1 Å². The molecule has 11 heteroatoms. The molecule has 0 saturated carbocycles. The molecule has 4 aromatic rings. The molecule has 3 heterocycles. The van der Waals surface area contributed by atoms with Crippen molar-refractivity contribution in [3.05, 3.63) is 71.5 Å². The zero-order chi connectivity index (χ0) is 21.5. The fraction of sp³-hybridized carbons (Fsp3) is 0.105. The predicted octanol–water partition coefficient (Wildman–Crippen LogP) is 4.14. The third-order valence-corrected chi connectivity index (χ3v) is 4.53. The van der Waals surface area contributed by atoms with Crippen molar-refractivity contribution in [2.45, 2.75) is 6.18 Å². The summed E-state index contributed by atoms with van der Waals surface area (Å²) >= 11 is 5.76. The minimum absolute atomic E-state index is 0.0784. The van der Waals surface area contributed by atoms with Gasteiger partial charge in [-0.25, -0.2) is 19.9 Å². The van der Waals surface area contributed by atoms with Crippen molar-refractivity contribution in [3.63, 3.8) is 0 Å². The Labute approximate surface area is 172 Å². The largest absolute Gasteiger partial charge is 0.416 e. The quantitative estimate of drug-likeness (QED) is 0.486. The number of nitrogens with zero attached hydrogens (tertiary/aromatic N) is 6. The molecule has 3 aromatic heterocycles. The number of alkyl halides is 3. The zero-order valence-corrected chi connectivity index (χ0v) is 16.1. The molecule has 0 unspecified atom stereocenters. The van der Waals surface area contributed by atoms with Crippen molar-refractivity contribution >= 4 is 29.1 Å². The van der Waals surface area contributed by atoms with Crippen LogP contribution in [-0.4, -0.2) is 37.3 Å². The van der Waals surface area contributed by atoms with E-state index in [1.807, 2.05) is 0 Å². The number of fused-ring (bicyclic) bond motifs is 1. The third kappa shape index (κ3) is 3.69. The standard InChI is InChI=1S/C19H12ClF3N6O/c1-28(18-26-6-13(20)7-27-18)17(30)14-10-29-15(8-25-16(29)9-24-14)11-2-4-12(5-3-11)19(21,22)23/h2-10H,1H3. The first-order valence-electron chi connectivity index (χ1n) is 8.50. The zero-order valence-electron chi connectivity index (χ0n) is 15.3. The molecule has 152 valence electrons. The van der Waals surface area contributed by atoms with Crippen molar-refractivity contribution in [3.8, 4) is 11.3 Å². The van der Waals surface area contributed by atoms with E-state index in [1.54, 1.807) is 4.40 Å². The van der Waals surface area contributed by atoms with Crippen molar-refractivity contribution in [1.82, 2.24) is 24.3 Å². The highest BCUT2D eigenvalue weighted by Gasteiger charge is 2.30. The van der Waals surface area contributed by atoms with Crippen molar-refractivity contribution in [1.29, 1.82) is 0 Å². The van der Waals surface area contributed by atoms with Gasteiger partial charge in [0.2, 0.25) is 5.95 Å². The predicted molar refractivity (Wildman–Crippen MR) is 103 cm³/mol. The number of amides is 1. The van der Waals surface area contributed by atoms with Crippen LogP contribution in [0.2, 0.25) is 5.02 Å². The smallest absolute Gasteiger partial charge is 0.296 e. The molecule has 4 rings (SSSR count). The Bertz CT molecular complexity index is 1220. The van der Waals surface area contributed by atoms with Gasteiger partial charge in [0.25, 0.3) is 5.91 Å². The summed E-state index contributed by atoms with van der Waals surface area (Å²) in [5, 5.41) is 0.332. The highest BCUT2D eigenvalue weighted by molar-refractivity contribution is 6.30. The molecule has 0 radical (unpaired) electrons. The molecule has 0 N–H and O–H groups in total. The molecule has 0 saturated heterocycles. The van der Waals surface area contributed by atoms with E-state index >= 15 is 0 Å². The van der Waals surface area contributed by atoms with Gasteiger partial charge in [0.15, 0.2) is 5.65 Å². The minimum atomic E-state index is -4.42. The van der Waals surface area contributed by atoms with E-state index < -0.39 is 17.6 Å². The molecule has 7 nitrogen and oxygen atoms in total. The summed E-state index contributed by atoms with van der Waals surface area (Å²) in [6.45, 7) is 0. The molecular weight excluding hydrogens is 421 g/mol. The number of imidazole rings is 1. The van der Waals surface area contributed by atoms with Crippen molar-refractivity contribution in [2.75, 3.05) is 11.9 Å². The summed E-state index contributed by atoms with van der Waals surface area (Å²) in [6, 6.07) is 4.69. The number of hydrogen-bond donors (Lipinski definition) is 0. The van der Waals surface area contributed by atoms with Crippen LogP contribution in [0.3, 0.4) is 0 Å². The van der Waals surface area contributed by atoms with E-state index in [2.05, 4.69) is 19.9 Å². The van der Waals surface area contributed by atoms with Crippen LogP contribution in [0.15, 0.2) is 55.2 Å². The number of rotatable bonds is 3. The first kappa shape index (κ1) is 19.8. The van der Waals surface area contributed by atoms with Crippen molar-refractivity contribution in [2.24, 2.45) is 0 Å². The van der Waals surface area contributed by atoms with Crippen LogP contribution in [0.4, 0.5) is 19.1 Å². The number of benzene rings is 1. The Morgan fingerprint density at radius 2 is 1.67 bits per heavy atom. The maximum Gasteiger partial charge on any atom is 0.416 e. The molecule has 1 aromatic carbocycles. The summed E-state index contributed by atoms with van der Waals surface area (Å²) in [4.78, 5) is 30.3. The molecule has 1 amide bonds. The maximum atomic E-state index is 12.8. The Hall–Kier alpha value is -3.53. The van der Waals surface area contributed by atoms with Crippen LogP contribution in [0, 0.1) is 0 Å². The van der Waals surface area contributed by atoms with Crippen LogP contribution >= 0.6 is 11.6 Å². The van der Waals surface area contributed by atoms with Crippen LogP contribution in [0.1, 0.15) is 16.1 Å². The Morgan fingerprint density at radius 3 is 2.30 bits per heavy atom.